The number of hydrogen-bond acceptors (Lipinski definition) is 6. The first-order valence-electron chi connectivity index (χ1n) is 6.14. The fourth-order valence-corrected chi connectivity index (χ4v) is 2.36. The van der Waals surface area contributed by atoms with E-state index in [1.54, 1.807) is 30.7 Å². The molecule has 0 radical (unpaired) electrons. The van der Waals surface area contributed by atoms with E-state index in [9.17, 15) is 0 Å². The first kappa shape index (κ1) is 13.1. The minimum Gasteiger partial charge on any atom is -0.463 e. The highest BCUT2D eigenvalue weighted by atomic mass is 32.1. The highest BCUT2D eigenvalue weighted by Crippen LogP contribution is 2.25. The van der Waals surface area contributed by atoms with Gasteiger partial charge in [-0.05, 0) is 24.3 Å². The zero-order valence-electron chi connectivity index (χ0n) is 10.9. The van der Waals surface area contributed by atoms with Gasteiger partial charge in [0.1, 0.15) is 5.76 Å². The fraction of sp³-hybridized carbons (Fsp3) is 0. The monoisotopic (exact) mass is 294 g/mol. The summed E-state index contributed by atoms with van der Waals surface area (Å²) < 4.78 is 5.14. The summed E-state index contributed by atoms with van der Waals surface area (Å²) in [4.78, 5) is 4.43. The van der Waals surface area contributed by atoms with Gasteiger partial charge in [0.05, 0.1) is 29.8 Å². The van der Waals surface area contributed by atoms with Gasteiger partial charge in [-0.15, -0.1) is 11.3 Å². The molecule has 3 aromatic rings. The molecule has 102 valence electrons. The first-order valence-corrected chi connectivity index (χ1v) is 7.02. The number of furan rings is 1. The molecule has 0 atom stereocenters. The molecule has 0 aliphatic carbocycles. The van der Waals surface area contributed by atoms with E-state index >= 15 is 0 Å². The molecule has 0 aliphatic heterocycles. The third-order valence-electron chi connectivity index (χ3n) is 2.71. The number of anilines is 1. The van der Waals surface area contributed by atoms with Crippen molar-refractivity contribution in [1.29, 1.82) is 5.26 Å². The van der Waals surface area contributed by atoms with Crippen LogP contribution < -0.4 is 5.43 Å². The summed E-state index contributed by atoms with van der Waals surface area (Å²) in [6, 6.07) is 13.0. The van der Waals surface area contributed by atoms with E-state index in [0.717, 1.165) is 11.3 Å². The zero-order chi connectivity index (χ0) is 14.5. The lowest BCUT2D eigenvalue weighted by Crippen LogP contribution is -1.89. The summed E-state index contributed by atoms with van der Waals surface area (Å²) in [5.41, 5.74) is 5.31. The van der Waals surface area contributed by atoms with Gasteiger partial charge in [0, 0.05) is 10.9 Å². The van der Waals surface area contributed by atoms with Gasteiger partial charge in [-0.2, -0.15) is 10.4 Å². The summed E-state index contributed by atoms with van der Waals surface area (Å²) in [6.45, 7) is 0. The van der Waals surface area contributed by atoms with Gasteiger partial charge < -0.3 is 4.42 Å². The Bertz CT molecular complexity index is 782. The molecule has 1 aromatic carbocycles. The number of benzene rings is 1. The van der Waals surface area contributed by atoms with Crippen LogP contribution in [0.15, 0.2) is 57.6 Å². The number of hydrogen-bond donors (Lipinski definition) is 1. The summed E-state index contributed by atoms with van der Waals surface area (Å²) in [7, 11) is 0. The molecule has 0 saturated carbocycles. The van der Waals surface area contributed by atoms with Crippen LogP contribution >= 0.6 is 11.3 Å². The van der Waals surface area contributed by atoms with Crippen molar-refractivity contribution in [2.75, 3.05) is 5.43 Å². The van der Waals surface area contributed by atoms with Crippen LogP contribution in [0.1, 0.15) is 11.3 Å². The second-order valence-corrected chi connectivity index (χ2v) is 4.97. The molecule has 2 aromatic heterocycles. The molecule has 0 fully saturated rings. The van der Waals surface area contributed by atoms with Crippen molar-refractivity contribution in [3.63, 3.8) is 0 Å². The van der Waals surface area contributed by atoms with Crippen LogP contribution in [0.4, 0.5) is 5.13 Å². The second-order valence-electron chi connectivity index (χ2n) is 4.11. The molecule has 21 heavy (non-hydrogen) atoms. The molecule has 0 aliphatic rings. The highest BCUT2D eigenvalue weighted by Gasteiger charge is 2.04. The molecule has 2 heterocycles. The van der Waals surface area contributed by atoms with Crippen molar-refractivity contribution < 1.29 is 4.42 Å². The van der Waals surface area contributed by atoms with E-state index in [1.165, 1.54) is 11.3 Å². The third-order valence-corrected chi connectivity index (χ3v) is 3.46. The summed E-state index contributed by atoms with van der Waals surface area (Å²) in [5, 5.41) is 15.5. The summed E-state index contributed by atoms with van der Waals surface area (Å²) in [6.07, 6.45) is 3.18. The van der Waals surface area contributed by atoms with Crippen LogP contribution in [-0.2, 0) is 0 Å². The van der Waals surface area contributed by atoms with Crippen molar-refractivity contribution in [2.45, 2.75) is 0 Å². The summed E-state index contributed by atoms with van der Waals surface area (Å²) >= 11 is 1.46. The van der Waals surface area contributed by atoms with Gasteiger partial charge in [0.15, 0.2) is 0 Å². The topological polar surface area (TPSA) is 74.2 Å². The van der Waals surface area contributed by atoms with Crippen LogP contribution in [0.3, 0.4) is 0 Å². The van der Waals surface area contributed by atoms with Gasteiger partial charge in [-0.3, -0.25) is 5.43 Å². The van der Waals surface area contributed by atoms with Crippen LogP contribution in [0, 0.1) is 11.3 Å². The van der Waals surface area contributed by atoms with Crippen molar-refractivity contribution >= 4 is 22.7 Å². The minimum atomic E-state index is 0.635. The Kier molecular flexibility index (Phi) is 3.76. The second kappa shape index (κ2) is 6.03. The van der Waals surface area contributed by atoms with Crippen molar-refractivity contribution in [1.82, 2.24) is 4.98 Å². The van der Waals surface area contributed by atoms with E-state index < -0.39 is 0 Å². The normalized spacial score (nSPS) is 10.6. The van der Waals surface area contributed by atoms with Gasteiger partial charge in [0.2, 0.25) is 5.13 Å². The maximum absolute atomic E-state index is 8.78. The Morgan fingerprint density at radius 1 is 1.29 bits per heavy atom. The third kappa shape index (κ3) is 3.16. The SMILES string of the molecule is N#Cc1ccc(-c2csc(N/N=C/c3ccco3)n2)cc1. The van der Waals surface area contributed by atoms with Gasteiger partial charge in [-0.25, -0.2) is 4.98 Å². The van der Waals surface area contributed by atoms with E-state index in [4.69, 9.17) is 9.68 Å². The fourth-order valence-electron chi connectivity index (χ4n) is 1.69. The quantitative estimate of drug-likeness (QED) is 0.588. The van der Waals surface area contributed by atoms with E-state index in [1.807, 2.05) is 23.6 Å². The molecule has 0 unspecified atom stereocenters. The average molecular weight is 294 g/mol. The maximum Gasteiger partial charge on any atom is 0.203 e. The summed E-state index contributed by atoms with van der Waals surface area (Å²) in [5.74, 6) is 0.673. The molecule has 0 amide bonds. The molecule has 0 spiro atoms. The Labute approximate surface area is 125 Å². The number of aromatic nitrogens is 1. The van der Waals surface area contributed by atoms with Crippen molar-refractivity contribution in [3.8, 4) is 17.3 Å². The largest absolute Gasteiger partial charge is 0.463 e. The number of thiazole rings is 1. The lowest BCUT2D eigenvalue weighted by molar-refractivity contribution is 0.560. The van der Waals surface area contributed by atoms with Crippen LogP contribution in [-0.4, -0.2) is 11.2 Å². The lowest BCUT2D eigenvalue weighted by Gasteiger charge is -1.96. The number of nitrogens with one attached hydrogen (secondary N) is 1. The predicted octanol–water partition coefficient (Wildman–Crippen LogP) is 3.72. The number of hydrazone groups is 1. The zero-order valence-corrected chi connectivity index (χ0v) is 11.7. The molecular weight excluding hydrogens is 284 g/mol. The van der Waals surface area contributed by atoms with E-state index in [0.29, 0.717) is 16.5 Å². The van der Waals surface area contributed by atoms with Crippen molar-refractivity contribution in [2.24, 2.45) is 5.10 Å². The molecule has 5 nitrogen and oxygen atoms in total. The Morgan fingerprint density at radius 3 is 2.86 bits per heavy atom. The van der Waals surface area contributed by atoms with Crippen LogP contribution in [0.5, 0.6) is 0 Å². The standard InChI is InChI=1S/C15H10N4OS/c16-8-11-3-5-12(6-4-11)14-10-21-15(18-14)19-17-9-13-2-1-7-20-13/h1-7,9-10H,(H,18,19)/b17-9+. The van der Waals surface area contributed by atoms with Crippen LogP contribution in [0.25, 0.3) is 11.3 Å². The number of nitriles is 1. The smallest absolute Gasteiger partial charge is 0.203 e. The predicted molar refractivity (Wildman–Crippen MR) is 82.2 cm³/mol. The Hall–Kier alpha value is -2.91. The Balaban J connectivity index is 1.69. The molecule has 1 N–H and O–H groups in total. The highest BCUT2D eigenvalue weighted by molar-refractivity contribution is 7.14. The maximum atomic E-state index is 8.78. The minimum absolute atomic E-state index is 0.635. The van der Waals surface area contributed by atoms with Gasteiger partial charge in [-0.1, -0.05) is 12.1 Å². The number of nitrogens with zero attached hydrogens (tertiary/aromatic N) is 3. The molecule has 0 bridgehead atoms. The van der Waals surface area contributed by atoms with E-state index in [2.05, 4.69) is 21.6 Å². The molecule has 0 saturated heterocycles. The van der Waals surface area contributed by atoms with Gasteiger partial charge in [0.25, 0.3) is 0 Å². The Morgan fingerprint density at radius 2 is 2.14 bits per heavy atom. The molecule has 6 heteroatoms. The van der Waals surface area contributed by atoms with Crippen molar-refractivity contribution in [3.05, 3.63) is 59.4 Å². The molecule has 3 rings (SSSR count). The first-order chi connectivity index (χ1) is 10.3. The molecular formula is C15H10N4OS. The van der Waals surface area contributed by atoms with Gasteiger partial charge >= 0.3 is 0 Å². The van der Waals surface area contributed by atoms with Crippen LogP contribution in [0.2, 0.25) is 0 Å². The lowest BCUT2D eigenvalue weighted by atomic mass is 10.1. The average Bonchev–Trinajstić information content (AvgIpc) is 3.19. The number of rotatable bonds is 4. The van der Waals surface area contributed by atoms with E-state index in [-0.39, 0.29) is 0 Å².